The third-order valence-electron chi connectivity index (χ3n) is 2.95. The van der Waals surface area contributed by atoms with Gasteiger partial charge < -0.3 is 5.11 Å². The quantitative estimate of drug-likeness (QED) is 0.824. The first kappa shape index (κ1) is 16.2. The smallest absolute Gasteiger partial charge is 0.322 e. The zero-order valence-corrected chi connectivity index (χ0v) is 14.1. The maximum absolute atomic E-state index is 12.4. The number of carbonyl (C=O) groups is 1. The van der Waals surface area contributed by atoms with Gasteiger partial charge in [-0.2, -0.15) is 0 Å². The SMILES string of the molecule is O=C(O)C(Cc1ccccc1)S(=O)(=O)Cc1ccc(Br)s1. The molecule has 1 aromatic carbocycles. The van der Waals surface area contributed by atoms with Gasteiger partial charge in [0.25, 0.3) is 0 Å². The number of hydrogen-bond donors (Lipinski definition) is 1. The molecule has 112 valence electrons. The highest BCUT2D eigenvalue weighted by Crippen LogP contribution is 2.25. The maximum Gasteiger partial charge on any atom is 0.322 e. The van der Waals surface area contributed by atoms with E-state index in [9.17, 15) is 18.3 Å². The van der Waals surface area contributed by atoms with Crippen LogP contribution in [-0.2, 0) is 26.8 Å². The fourth-order valence-corrected chi connectivity index (χ4v) is 5.38. The van der Waals surface area contributed by atoms with Crippen molar-refractivity contribution < 1.29 is 18.3 Å². The molecule has 0 fully saturated rings. The molecule has 2 rings (SSSR count). The second-order valence-electron chi connectivity index (χ2n) is 4.53. The van der Waals surface area contributed by atoms with E-state index >= 15 is 0 Å². The lowest BCUT2D eigenvalue weighted by atomic mass is 10.1. The molecule has 1 aromatic heterocycles. The van der Waals surface area contributed by atoms with Crippen LogP contribution in [0, 0.1) is 0 Å². The molecule has 0 radical (unpaired) electrons. The van der Waals surface area contributed by atoms with Crippen LogP contribution in [-0.4, -0.2) is 24.7 Å². The molecule has 4 nitrogen and oxygen atoms in total. The third-order valence-corrected chi connectivity index (χ3v) is 6.70. The van der Waals surface area contributed by atoms with Gasteiger partial charge in [0.1, 0.15) is 0 Å². The Labute approximate surface area is 135 Å². The molecular formula is C14H13BrO4S2. The number of benzene rings is 1. The first-order valence-electron chi connectivity index (χ1n) is 6.11. The van der Waals surface area contributed by atoms with E-state index in [1.807, 2.05) is 0 Å². The Hall–Kier alpha value is -1.18. The Kier molecular flexibility index (Phi) is 5.18. The Bertz CT molecular complexity index is 722. The summed E-state index contributed by atoms with van der Waals surface area (Å²) in [5.41, 5.74) is 0.695. The highest BCUT2D eigenvalue weighted by molar-refractivity contribution is 9.11. The number of rotatable bonds is 6. The van der Waals surface area contributed by atoms with E-state index in [1.54, 1.807) is 42.5 Å². The molecule has 0 saturated heterocycles. The van der Waals surface area contributed by atoms with Gasteiger partial charge in [-0.1, -0.05) is 30.3 Å². The number of hydrogen-bond acceptors (Lipinski definition) is 4. The van der Waals surface area contributed by atoms with Crippen molar-refractivity contribution in [1.29, 1.82) is 0 Å². The number of thiophene rings is 1. The minimum absolute atomic E-state index is 0.0228. The van der Waals surface area contributed by atoms with Crippen molar-refractivity contribution in [2.75, 3.05) is 0 Å². The van der Waals surface area contributed by atoms with Crippen molar-refractivity contribution in [1.82, 2.24) is 0 Å². The average molecular weight is 389 g/mol. The fraction of sp³-hybridized carbons (Fsp3) is 0.214. The summed E-state index contributed by atoms with van der Waals surface area (Å²) in [5, 5.41) is 7.84. The van der Waals surface area contributed by atoms with Gasteiger partial charge in [-0.05, 0) is 40.0 Å². The standard InChI is InChI=1S/C14H13BrO4S2/c15-13-7-6-11(20-13)9-21(18,19)12(14(16)17)8-10-4-2-1-3-5-10/h1-7,12H,8-9H2,(H,16,17). The van der Waals surface area contributed by atoms with Crippen molar-refractivity contribution in [3.8, 4) is 0 Å². The zero-order valence-electron chi connectivity index (χ0n) is 10.9. The van der Waals surface area contributed by atoms with Crippen LogP contribution in [0.15, 0.2) is 46.3 Å². The van der Waals surface area contributed by atoms with Gasteiger partial charge in [0, 0.05) is 4.88 Å². The predicted molar refractivity (Wildman–Crippen MR) is 86.2 cm³/mol. The molecule has 1 unspecified atom stereocenters. The average Bonchev–Trinajstić information content (AvgIpc) is 2.81. The molecule has 21 heavy (non-hydrogen) atoms. The van der Waals surface area contributed by atoms with Gasteiger partial charge >= 0.3 is 5.97 Å². The molecule has 1 N–H and O–H groups in total. The van der Waals surface area contributed by atoms with Crippen molar-refractivity contribution >= 4 is 43.1 Å². The third kappa shape index (κ3) is 4.39. The summed E-state index contributed by atoms with van der Waals surface area (Å²) in [6.45, 7) is 0. The monoisotopic (exact) mass is 388 g/mol. The Morgan fingerprint density at radius 2 is 1.86 bits per heavy atom. The molecule has 1 heterocycles. The normalized spacial score (nSPS) is 13.0. The molecule has 0 aliphatic heterocycles. The highest BCUT2D eigenvalue weighted by Gasteiger charge is 2.33. The highest BCUT2D eigenvalue weighted by atomic mass is 79.9. The summed E-state index contributed by atoms with van der Waals surface area (Å²) >= 11 is 4.56. The van der Waals surface area contributed by atoms with Gasteiger partial charge in [-0.15, -0.1) is 11.3 Å². The van der Waals surface area contributed by atoms with Crippen LogP contribution in [0.1, 0.15) is 10.4 Å². The lowest BCUT2D eigenvalue weighted by Gasteiger charge is -2.13. The summed E-state index contributed by atoms with van der Waals surface area (Å²) in [5.74, 6) is -1.57. The van der Waals surface area contributed by atoms with Gasteiger partial charge in [0.05, 0.1) is 9.54 Å². The predicted octanol–water partition coefficient (Wildman–Crippen LogP) is 3.12. The van der Waals surface area contributed by atoms with Crippen LogP contribution in [0.3, 0.4) is 0 Å². The molecule has 0 saturated carbocycles. The van der Waals surface area contributed by atoms with Gasteiger partial charge in [-0.25, -0.2) is 8.42 Å². The van der Waals surface area contributed by atoms with Gasteiger partial charge in [0.15, 0.2) is 15.1 Å². The van der Waals surface area contributed by atoms with E-state index < -0.39 is 21.1 Å². The summed E-state index contributed by atoms with van der Waals surface area (Å²) in [4.78, 5) is 12.0. The van der Waals surface area contributed by atoms with E-state index in [0.717, 1.165) is 3.79 Å². The van der Waals surface area contributed by atoms with Crippen LogP contribution >= 0.6 is 27.3 Å². The Morgan fingerprint density at radius 1 is 1.19 bits per heavy atom. The van der Waals surface area contributed by atoms with Crippen LogP contribution < -0.4 is 0 Å². The molecule has 2 aromatic rings. The van der Waals surface area contributed by atoms with Crippen molar-refractivity contribution in [2.24, 2.45) is 0 Å². The molecule has 0 spiro atoms. The number of halogens is 1. The summed E-state index contributed by atoms with van der Waals surface area (Å²) in [6.07, 6.45) is -0.0228. The number of sulfone groups is 1. The summed E-state index contributed by atoms with van der Waals surface area (Å²) in [6, 6.07) is 12.2. The number of carboxylic acids is 1. The lowest BCUT2D eigenvalue weighted by Crippen LogP contribution is -2.33. The Balaban J connectivity index is 2.22. The lowest BCUT2D eigenvalue weighted by molar-refractivity contribution is -0.136. The second-order valence-corrected chi connectivity index (χ2v) is 9.26. The minimum atomic E-state index is -3.77. The number of carboxylic acid groups (broad SMARTS) is 1. The molecule has 0 amide bonds. The molecular weight excluding hydrogens is 376 g/mol. The topological polar surface area (TPSA) is 71.4 Å². The Morgan fingerprint density at radius 3 is 2.38 bits per heavy atom. The van der Waals surface area contributed by atoms with E-state index in [2.05, 4.69) is 15.9 Å². The second kappa shape index (κ2) is 6.72. The van der Waals surface area contributed by atoms with Crippen LogP contribution in [0.2, 0.25) is 0 Å². The first-order valence-corrected chi connectivity index (χ1v) is 9.43. The van der Waals surface area contributed by atoms with Crippen LogP contribution in [0.4, 0.5) is 0 Å². The molecule has 0 aliphatic rings. The molecule has 7 heteroatoms. The van der Waals surface area contributed by atoms with E-state index in [4.69, 9.17) is 0 Å². The molecule has 1 atom stereocenters. The molecule has 0 aliphatic carbocycles. The molecule has 0 bridgehead atoms. The van der Waals surface area contributed by atoms with Crippen molar-refractivity contribution in [3.63, 3.8) is 0 Å². The van der Waals surface area contributed by atoms with Gasteiger partial charge in [0.2, 0.25) is 0 Å². The first-order chi connectivity index (χ1) is 9.88. The minimum Gasteiger partial charge on any atom is -0.480 e. The summed E-state index contributed by atoms with van der Waals surface area (Å²) in [7, 11) is -3.77. The summed E-state index contributed by atoms with van der Waals surface area (Å²) < 4.78 is 25.6. The van der Waals surface area contributed by atoms with Crippen LogP contribution in [0.25, 0.3) is 0 Å². The maximum atomic E-state index is 12.4. The fourth-order valence-electron chi connectivity index (χ4n) is 1.92. The van der Waals surface area contributed by atoms with E-state index in [-0.39, 0.29) is 12.2 Å². The number of aliphatic carboxylic acids is 1. The van der Waals surface area contributed by atoms with E-state index in [0.29, 0.717) is 10.4 Å². The zero-order chi connectivity index (χ0) is 15.5. The van der Waals surface area contributed by atoms with Gasteiger partial charge in [-0.3, -0.25) is 4.79 Å². The van der Waals surface area contributed by atoms with E-state index in [1.165, 1.54) is 11.3 Å². The van der Waals surface area contributed by atoms with Crippen LogP contribution in [0.5, 0.6) is 0 Å². The van der Waals surface area contributed by atoms with Crippen molar-refractivity contribution in [2.45, 2.75) is 17.4 Å². The largest absolute Gasteiger partial charge is 0.480 e. The van der Waals surface area contributed by atoms with Crippen molar-refractivity contribution in [3.05, 3.63) is 56.7 Å².